The van der Waals surface area contributed by atoms with Gasteiger partial charge in [0.1, 0.15) is 5.82 Å². The molecule has 2 bridgehead atoms. The number of rotatable bonds is 6. The lowest BCUT2D eigenvalue weighted by molar-refractivity contribution is -0.128. The lowest BCUT2D eigenvalue weighted by atomic mass is 9.96. The molecule has 5 heterocycles. The fraction of sp³-hybridized carbons (Fsp3) is 0.348. The van der Waals surface area contributed by atoms with Crippen LogP contribution in [0.5, 0.6) is 0 Å². The molecule has 1 saturated heterocycles. The number of anilines is 2. The van der Waals surface area contributed by atoms with Gasteiger partial charge in [0.15, 0.2) is 5.13 Å². The van der Waals surface area contributed by atoms with E-state index in [1.54, 1.807) is 23.0 Å². The molecule has 1 fully saturated rings. The third kappa shape index (κ3) is 3.70. The SMILES string of the molecule is C=CC(=O)N1C2C=C(c3nc(Nc4ncc(C)s4)cc4c3ccn4CC(F)F)CC1CC2. The van der Waals surface area contributed by atoms with E-state index in [2.05, 4.69) is 23.0 Å². The van der Waals surface area contributed by atoms with Gasteiger partial charge in [0.2, 0.25) is 5.91 Å². The van der Waals surface area contributed by atoms with Crippen LogP contribution in [0, 0.1) is 6.92 Å². The summed E-state index contributed by atoms with van der Waals surface area (Å²) in [4.78, 5) is 24.5. The number of thiazole rings is 1. The van der Waals surface area contributed by atoms with Crippen molar-refractivity contribution in [3.63, 3.8) is 0 Å². The molecule has 0 aromatic carbocycles. The fourth-order valence-corrected chi connectivity index (χ4v) is 5.45. The lowest BCUT2D eigenvalue weighted by Crippen LogP contribution is -2.42. The maximum atomic E-state index is 13.2. The number of halogens is 2. The molecule has 1 N–H and O–H groups in total. The molecule has 3 aromatic heterocycles. The minimum absolute atomic E-state index is 0.00692. The van der Waals surface area contributed by atoms with Crippen LogP contribution in [0.1, 0.15) is 29.8 Å². The quantitative estimate of drug-likeness (QED) is 0.523. The molecule has 32 heavy (non-hydrogen) atoms. The predicted molar refractivity (Wildman–Crippen MR) is 122 cm³/mol. The van der Waals surface area contributed by atoms with Gasteiger partial charge in [0.05, 0.1) is 23.8 Å². The van der Waals surface area contributed by atoms with Crippen LogP contribution in [0.3, 0.4) is 0 Å². The van der Waals surface area contributed by atoms with Gasteiger partial charge in [0.25, 0.3) is 6.43 Å². The van der Waals surface area contributed by atoms with Crippen molar-refractivity contribution in [2.24, 2.45) is 0 Å². The number of fused-ring (bicyclic) bond motifs is 3. The van der Waals surface area contributed by atoms with Crippen molar-refractivity contribution < 1.29 is 13.6 Å². The summed E-state index contributed by atoms with van der Waals surface area (Å²) in [6, 6.07) is 3.75. The molecule has 0 radical (unpaired) electrons. The number of carbonyl (C=O) groups excluding carboxylic acids is 1. The Morgan fingerprint density at radius 3 is 2.97 bits per heavy atom. The first-order valence-electron chi connectivity index (χ1n) is 10.6. The van der Waals surface area contributed by atoms with Gasteiger partial charge >= 0.3 is 0 Å². The van der Waals surface area contributed by atoms with Gasteiger partial charge in [-0.2, -0.15) is 0 Å². The second kappa shape index (κ2) is 8.12. The minimum Gasteiger partial charge on any atom is -0.342 e. The van der Waals surface area contributed by atoms with E-state index in [1.807, 2.05) is 17.9 Å². The van der Waals surface area contributed by atoms with Crippen LogP contribution in [0.4, 0.5) is 19.7 Å². The van der Waals surface area contributed by atoms with Crippen molar-refractivity contribution in [2.75, 3.05) is 5.32 Å². The molecule has 0 aliphatic carbocycles. The summed E-state index contributed by atoms with van der Waals surface area (Å²) in [7, 11) is 0. The molecular formula is C23H23F2N5OS. The first-order valence-corrected chi connectivity index (χ1v) is 11.4. The zero-order valence-electron chi connectivity index (χ0n) is 17.6. The van der Waals surface area contributed by atoms with Crippen molar-refractivity contribution in [2.45, 2.75) is 51.2 Å². The molecule has 9 heteroatoms. The van der Waals surface area contributed by atoms with Gasteiger partial charge in [-0.25, -0.2) is 18.7 Å². The zero-order valence-corrected chi connectivity index (χ0v) is 18.4. The topological polar surface area (TPSA) is 63.1 Å². The summed E-state index contributed by atoms with van der Waals surface area (Å²) >= 11 is 1.51. The van der Waals surface area contributed by atoms with Crippen molar-refractivity contribution in [1.82, 2.24) is 19.4 Å². The lowest BCUT2D eigenvalue weighted by Gasteiger charge is -2.33. The first-order chi connectivity index (χ1) is 15.4. The number of alkyl halides is 2. The van der Waals surface area contributed by atoms with E-state index in [4.69, 9.17) is 4.98 Å². The Morgan fingerprint density at radius 1 is 1.44 bits per heavy atom. The van der Waals surface area contributed by atoms with Gasteiger partial charge in [-0.3, -0.25) is 4.79 Å². The smallest absolute Gasteiger partial charge is 0.256 e. The van der Waals surface area contributed by atoms with E-state index in [9.17, 15) is 13.6 Å². The second-order valence-corrected chi connectivity index (χ2v) is 9.43. The molecule has 2 unspecified atom stereocenters. The average Bonchev–Trinajstić information content (AvgIpc) is 3.42. The first kappa shape index (κ1) is 20.8. The number of nitrogens with zero attached hydrogens (tertiary/aromatic N) is 4. The second-order valence-electron chi connectivity index (χ2n) is 8.19. The summed E-state index contributed by atoms with van der Waals surface area (Å²) in [5, 5.41) is 4.77. The molecular weight excluding hydrogens is 432 g/mol. The molecule has 6 nitrogen and oxygen atoms in total. The van der Waals surface area contributed by atoms with E-state index in [0.29, 0.717) is 22.9 Å². The summed E-state index contributed by atoms with van der Waals surface area (Å²) in [6.07, 6.45) is 6.99. The Kier molecular flexibility index (Phi) is 5.28. The summed E-state index contributed by atoms with van der Waals surface area (Å²) in [5.41, 5.74) is 2.52. The van der Waals surface area contributed by atoms with Crippen LogP contribution in [0.2, 0.25) is 0 Å². The van der Waals surface area contributed by atoms with E-state index in [0.717, 1.165) is 34.4 Å². The number of pyridine rings is 1. The highest BCUT2D eigenvalue weighted by molar-refractivity contribution is 7.15. The number of carbonyl (C=O) groups is 1. The van der Waals surface area contributed by atoms with Gasteiger partial charge in [-0.1, -0.05) is 12.7 Å². The summed E-state index contributed by atoms with van der Waals surface area (Å²) < 4.78 is 27.9. The molecule has 0 saturated carbocycles. The van der Waals surface area contributed by atoms with Crippen molar-refractivity contribution in [3.05, 3.63) is 53.8 Å². The molecule has 3 aromatic rings. The number of nitrogens with one attached hydrogen (secondary N) is 1. The number of hydrogen-bond acceptors (Lipinski definition) is 5. The number of amides is 1. The average molecular weight is 456 g/mol. The van der Waals surface area contributed by atoms with Gasteiger partial charge < -0.3 is 14.8 Å². The minimum atomic E-state index is -2.46. The predicted octanol–water partition coefficient (Wildman–Crippen LogP) is 5.14. The Labute approximate surface area is 188 Å². The highest BCUT2D eigenvalue weighted by Gasteiger charge is 2.39. The van der Waals surface area contributed by atoms with E-state index in [1.165, 1.54) is 17.4 Å². The van der Waals surface area contributed by atoms with E-state index >= 15 is 0 Å². The fourth-order valence-electron chi connectivity index (χ4n) is 4.78. The normalized spacial score (nSPS) is 20.1. The molecule has 166 valence electrons. The highest BCUT2D eigenvalue weighted by atomic mass is 32.1. The van der Waals surface area contributed by atoms with Crippen LogP contribution in [0.15, 0.2) is 43.3 Å². The third-order valence-electron chi connectivity index (χ3n) is 6.09. The number of hydrogen-bond donors (Lipinski definition) is 1. The zero-order chi connectivity index (χ0) is 22.4. The Bertz CT molecular complexity index is 1230. The molecule has 5 rings (SSSR count). The Hall–Kier alpha value is -3.07. The molecule has 2 aliphatic rings. The number of aryl methyl sites for hydroxylation is 1. The van der Waals surface area contributed by atoms with Crippen LogP contribution in [-0.2, 0) is 11.3 Å². The van der Waals surface area contributed by atoms with Gasteiger partial charge in [-0.15, -0.1) is 11.3 Å². The largest absolute Gasteiger partial charge is 0.342 e. The van der Waals surface area contributed by atoms with Crippen LogP contribution in [0.25, 0.3) is 16.5 Å². The van der Waals surface area contributed by atoms with E-state index in [-0.39, 0.29) is 24.5 Å². The molecule has 2 atom stereocenters. The molecule has 0 spiro atoms. The maximum Gasteiger partial charge on any atom is 0.256 e. The van der Waals surface area contributed by atoms with Crippen molar-refractivity contribution in [3.8, 4) is 0 Å². The highest BCUT2D eigenvalue weighted by Crippen LogP contribution is 2.40. The Morgan fingerprint density at radius 2 is 2.28 bits per heavy atom. The molecule has 2 aliphatic heterocycles. The number of aromatic nitrogens is 3. The summed E-state index contributed by atoms with van der Waals surface area (Å²) in [5.74, 6) is 0.512. The van der Waals surface area contributed by atoms with Crippen molar-refractivity contribution in [1.29, 1.82) is 0 Å². The van der Waals surface area contributed by atoms with Crippen LogP contribution >= 0.6 is 11.3 Å². The van der Waals surface area contributed by atoms with Crippen LogP contribution in [-0.4, -0.2) is 43.9 Å². The Balaban J connectivity index is 1.59. The maximum absolute atomic E-state index is 13.2. The third-order valence-corrected chi connectivity index (χ3v) is 6.92. The van der Waals surface area contributed by atoms with Crippen molar-refractivity contribution >= 4 is 44.7 Å². The van der Waals surface area contributed by atoms with Gasteiger partial charge in [-0.05, 0) is 43.9 Å². The van der Waals surface area contributed by atoms with Gasteiger partial charge in [0, 0.05) is 34.8 Å². The molecule has 1 amide bonds. The van der Waals surface area contributed by atoms with E-state index < -0.39 is 6.43 Å². The van der Waals surface area contributed by atoms with Crippen LogP contribution < -0.4 is 5.32 Å². The monoisotopic (exact) mass is 455 g/mol. The summed E-state index contributed by atoms with van der Waals surface area (Å²) in [6.45, 7) is 5.22. The standard InChI is InChI=1S/C23H23F2N5OS/c1-3-21(31)30-15-4-5-16(30)9-14(8-15)22-17-6-7-29(12-19(24)25)18(17)10-20(27-22)28-23-26-11-13(2)32-23/h3,6-8,10-11,15-16,19H,1,4-5,9,12H2,2H3,(H,26,27,28).